The fourth-order valence-electron chi connectivity index (χ4n) is 2.92. The summed E-state index contributed by atoms with van der Waals surface area (Å²) in [7, 11) is -3.75. The molecule has 0 atom stereocenters. The summed E-state index contributed by atoms with van der Waals surface area (Å²) in [6.45, 7) is 0. The number of benzene rings is 2. The van der Waals surface area contributed by atoms with E-state index in [0.717, 1.165) is 25.0 Å². The Morgan fingerprint density at radius 1 is 1.07 bits per heavy atom. The molecule has 3 aromatic rings. The first-order valence-corrected chi connectivity index (χ1v) is 10.5. The standard InChI is InChI=1S/C20H16F3N3O3S/c21-20(22,23)13-4-7-17-16(11-13)18(8-9-24-17)25-19(27)12-2-1-3-15(10-12)30(28,29)26-14-5-6-14/h1-4,7-11,14,26H,5-6H2,(H,24,25,27). The first-order chi connectivity index (χ1) is 14.1. The van der Waals surface area contributed by atoms with Gasteiger partial charge < -0.3 is 5.32 Å². The second-order valence-corrected chi connectivity index (χ2v) is 8.68. The summed E-state index contributed by atoms with van der Waals surface area (Å²) in [6.07, 6.45) is -1.63. The van der Waals surface area contributed by atoms with Crippen molar-refractivity contribution in [3.63, 3.8) is 0 Å². The second-order valence-electron chi connectivity index (χ2n) is 6.97. The van der Waals surface area contributed by atoms with Crippen LogP contribution in [0.2, 0.25) is 0 Å². The van der Waals surface area contributed by atoms with Crippen molar-refractivity contribution in [3.05, 3.63) is 65.9 Å². The Kier molecular flexibility index (Phi) is 4.99. The van der Waals surface area contributed by atoms with E-state index in [9.17, 15) is 26.4 Å². The number of amides is 1. The molecule has 0 radical (unpaired) electrons. The van der Waals surface area contributed by atoms with Crippen LogP contribution in [0, 0.1) is 0 Å². The molecule has 30 heavy (non-hydrogen) atoms. The molecular weight excluding hydrogens is 419 g/mol. The van der Waals surface area contributed by atoms with Gasteiger partial charge in [-0.05, 0) is 55.3 Å². The Morgan fingerprint density at radius 2 is 1.83 bits per heavy atom. The van der Waals surface area contributed by atoms with Gasteiger partial charge in [0.25, 0.3) is 5.91 Å². The zero-order chi connectivity index (χ0) is 21.5. The number of carbonyl (C=O) groups is 1. The lowest BCUT2D eigenvalue weighted by atomic mass is 10.1. The highest BCUT2D eigenvalue weighted by Gasteiger charge is 2.31. The van der Waals surface area contributed by atoms with Crippen LogP contribution in [-0.4, -0.2) is 25.4 Å². The van der Waals surface area contributed by atoms with E-state index in [1.54, 1.807) is 0 Å². The number of aromatic nitrogens is 1. The van der Waals surface area contributed by atoms with Crippen LogP contribution in [0.15, 0.2) is 59.6 Å². The fraction of sp³-hybridized carbons (Fsp3) is 0.200. The summed E-state index contributed by atoms with van der Waals surface area (Å²) >= 11 is 0. The maximum atomic E-state index is 13.1. The van der Waals surface area contributed by atoms with Crippen LogP contribution in [0.3, 0.4) is 0 Å². The molecule has 2 aromatic carbocycles. The maximum absolute atomic E-state index is 13.1. The summed E-state index contributed by atoms with van der Waals surface area (Å²) in [4.78, 5) is 16.6. The van der Waals surface area contributed by atoms with E-state index in [0.29, 0.717) is 0 Å². The molecule has 1 aromatic heterocycles. The van der Waals surface area contributed by atoms with Crippen molar-refractivity contribution in [2.24, 2.45) is 0 Å². The first kappa shape index (κ1) is 20.3. The predicted molar refractivity (Wildman–Crippen MR) is 104 cm³/mol. The number of hydrogen-bond donors (Lipinski definition) is 2. The van der Waals surface area contributed by atoms with Gasteiger partial charge in [-0.2, -0.15) is 13.2 Å². The van der Waals surface area contributed by atoms with E-state index in [4.69, 9.17) is 0 Å². The number of nitrogens with one attached hydrogen (secondary N) is 2. The van der Waals surface area contributed by atoms with E-state index in [1.807, 2.05) is 0 Å². The highest BCUT2D eigenvalue weighted by Crippen LogP contribution is 2.33. The van der Waals surface area contributed by atoms with Crippen LogP contribution in [0.5, 0.6) is 0 Å². The van der Waals surface area contributed by atoms with E-state index >= 15 is 0 Å². The fourth-order valence-corrected chi connectivity index (χ4v) is 4.27. The molecule has 1 saturated carbocycles. The van der Waals surface area contributed by atoms with Crippen LogP contribution in [-0.2, 0) is 16.2 Å². The van der Waals surface area contributed by atoms with Gasteiger partial charge >= 0.3 is 6.18 Å². The van der Waals surface area contributed by atoms with Crippen molar-refractivity contribution < 1.29 is 26.4 Å². The molecule has 0 aliphatic heterocycles. The number of anilines is 1. The van der Waals surface area contributed by atoms with Gasteiger partial charge in [0, 0.05) is 23.2 Å². The molecule has 1 aliphatic carbocycles. The molecule has 4 rings (SSSR count). The first-order valence-electron chi connectivity index (χ1n) is 9.03. The molecule has 6 nitrogen and oxygen atoms in total. The smallest absolute Gasteiger partial charge is 0.321 e. The molecule has 156 valence electrons. The van der Waals surface area contributed by atoms with Gasteiger partial charge in [-0.3, -0.25) is 9.78 Å². The third-order valence-electron chi connectivity index (χ3n) is 4.62. The minimum atomic E-state index is -4.54. The number of alkyl halides is 3. The van der Waals surface area contributed by atoms with Gasteiger partial charge in [-0.25, -0.2) is 13.1 Å². The third kappa shape index (κ3) is 4.29. The molecule has 0 spiro atoms. The van der Waals surface area contributed by atoms with Gasteiger partial charge in [-0.15, -0.1) is 0 Å². The molecule has 1 fully saturated rings. The minimum absolute atomic E-state index is 0.0546. The highest BCUT2D eigenvalue weighted by molar-refractivity contribution is 7.89. The molecule has 0 bridgehead atoms. The lowest BCUT2D eigenvalue weighted by Crippen LogP contribution is -2.26. The molecule has 10 heteroatoms. The molecule has 1 aliphatic rings. The van der Waals surface area contributed by atoms with Crippen molar-refractivity contribution in [2.45, 2.75) is 30.0 Å². The number of carbonyl (C=O) groups excluding carboxylic acids is 1. The predicted octanol–water partition coefficient (Wildman–Crippen LogP) is 3.95. The van der Waals surface area contributed by atoms with E-state index in [-0.39, 0.29) is 33.1 Å². The number of halogens is 3. The Morgan fingerprint density at radius 3 is 2.53 bits per heavy atom. The molecule has 1 heterocycles. The molecule has 0 unspecified atom stereocenters. The summed E-state index contributed by atoms with van der Waals surface area (Å²) in [5, 5.41) is 2.68. The number of pyridine rings is 1. The van der Waals surface area contributed by atoms with Crippen molar-refractivity contribution in [1.82, 2.24) is 9.71 Å². The number of rotatable bonds is 5. The summed E-state index contributed by atoms with van der Waals surface area (Å²) in [5.74, 6) is -0.650. The monoisotopic (exact) mass is 435 g/mol. The number of nitrogens with zero attached hydrogens (tertiary/aromatic N) is 1. The number of hydrogen-bond acceptors (Lipinski definition) is 4. The minimum Gasteiger partial charge on any atom is -0.321 e. The average molecular weight is 435 g/mol. The van der Waals surface area contributed by atoms with Gasteiger partial charge in [0.15, 0.2) is 0 Å². The normalized spacial score (nSPS) is 14.6. The third-order valence-corrected chi connectivity index (χ3v) is 6.14. The van der Waals surface area contributed by atoms with Crippen molar-refractivity contribution in [3.8, 4) is 0 Å². The molecule has 1 amide bonds. The van der Waals surface area contributed by atoms with Crippen molar-refractivity contribution >= 4 is 32.5 Å². The summed E-state index contributed by atoms with van der Waals surface area (Å²) in [6, 6.07) is 9.82. The van der Waals surface area contributed by atoms with Crippen LogP contribution in [0.25, 0.3) is 10.9 Å². The zero-order valence-corrected chi connectivity index (χ0v) is 16.2. The Hall–Kier alpha value is -2.98. The van der Waals surface area contributed by atoms with E-state index in [1.165, 1.54) is 42.6 Å². The second kappa shape index (κ2) is 7.37. The zero-order valence-electron chi connectivity index (χ0n) is 15.4. The van der Waals surface area contributed by atoms with Gasteiger partial charge in [0.1, 0.15) is 0 Å². The average Bonchev–Trinajstić information content (AvgIpc) is 3.50. The van der Waals surface area contributed by atoms with Gasteiger partial charge in [0.05, 0.1) is 21.7 Å². The lowest BCUT2D eigenvalue weighted by molar-refractivity contribution is -0.137. The van der Waals surface area contributed by atoms with Crippen LogP contribution < -0.4 is 10.0 Å². The topological polar surface area (TPSA) is 88.2 Å². The van der Waals surface area contributed by atoms with E-state index in [2.05, 4.69) is 15.0 Å². The largest absolute Gasteiger partial charge is 0.416 e. The highest BCUT2D eigenvalue weighted by atomic mass is 32.2. The molecule has 0 saturated heterocycles. The Balaban J connectivity index is 1.64. The molecular formula is C20H16F3N3O3S. The number of fused-ring (bicyclic) bond motifs is 1. The van der Waals surface area contributed by atoms with Crippen LogP contribution in [0.1, 0.15) is 28.8 Å². The maximum Gasteiger partial charge on any atom is 0.416 e. The molecule has 2 N–H and O–H groups in total. The quantitative estimate of drug-likeness (QED) is 0.635. The van der Waals surface area contributed by atoms with E-state index < -0.39 is 27.7 Å². The SMILES string of the molecule is O=C(Nc1ccnc2ccc(C(F)(F)F)cc12)c1cccc(S(=O)(=O)NC2CC2)c1. The lowest BCUT2D eigenvalue weighted by Gasteiger charge is -2.12. The Bertz CT molecular complexity index is 1240. The van der Waals surface area contributed by atoms with Gasteiger partial charge in [0.2, 0.25) is 10.0 Å². The summed E-state index contributed by atoms with van der Waals surface area (Å²) < 4.78 is 66.4. The van der Waals surface area contributed by atoms with Crippen molar-refractivity contribution in [2.75, 3.05) is 5.32 Å². The summed E-state index contributed by atoms with van der Waals surface area (Å²) in [5.41, 5.74) is -0.380. The van der Waals surface area contributed by atoms with Crippen LogP contribution in [0.4, 0.5) is 18.9 Å². The van der Waals surface area contributed by atoms with Gasteiger partial charge in [-0.1, -0.05) is 6.07 Å². The van der Waals surface area contributed by atoms with Crippen LogP contribution >= 0.6 is 0 Å². The van der Waals surface area contributed by atoms with Crippen molar-refractivity contribution in [1.29, 1.82) is 0 Å². The Labute approximate surface area is 170 Å². The number of sulfonamides is 1.